The van der Waals surface area contributed by atoms with Crippen molar-refractivity contribution in [2.24, 2.45) is 0 Å². The molecular weight excluding hydrogens is 513 g/mol. The van der Waals surface area contributed by atoms with E-state index < -0.39 is 27.9 Å². The third kappa shape index (κ3) is 5.79. The van der Waals surface area contributed by atoms with E-state index in [0.717, 1.165) is 12.8 Å². The van der Waals surface area contributed by atoms with E-state index in [1.54, 1.807) is 31.2 Å². The molecule has 0 fully saturated rings. The van der Waals surface area contributed by atoms with Crippen molar-refractivity contribution in [2.75, 3.05) is 13.1 Å². The summed E-state index contributed by atoms with van der Waals surface area (Å²) in [5.74, 6) is -1.55. The normalized spacial score (nSPS) is 15.0. The largest absolute Gasteiger partial charge is 0.354 e. The van der Waals surface area contributed by atoms with Gasteiger partial charge >= 0.3 is 0 Å². The van der Waals surface area contributed by atoms with Crippen LogP contribution in [0.15, 0.2) is 47.4 Å². The van der Waals surface area contributed by atoms with Crippen molar-refractivity contribution in [3.8, 4) is 0 Å². The number of halogens is 2. The summed E-state index contributed by atoms with van der Waals surface area (Å²) in [4.78, 5) is 40.0. The molecule has 0 aliphatic carbocycles. The molecule has 1 atom stereocenters. The minimum absolute atomic E-state index is 0.0549. The van der Waals surface area contributed by atoms with E-state index in [1.165, 1.54) is 23.1 Å². The third-order valence-electron chi connectivity index (χ3n) is 5.83. The Labute approximate surface area is 215 Å². The molecule has 0 saturated heterocycles. The van der Waals surface area contributed by atoms with Crippen molar-refractivity contribution in [1.29, 1.82) is 0 Å². The van der Waals surface area contributed by atoms with Gasteiger partial charge in [0.15, 0.2) is 0 Å². The number of nitrogens with one attached hydrogen (secondary N) is 1. The summed E-state index contributed by atoms with van der Waals surface area (Å²) in [7, 11) is -4.05. The van der Waals surface area contributed by atoms with E-state index >= 15 is 0 Å². The van der Waals surface area contributed by atoms with E-state index in [2.05, 4.69) is 5.32 Å². The monoisotopic (exact) mass is 539 g/mol. The molecule has 1 heterocycles. The van der Waals surface area contributed by atoms with Crippen LogP contribution in [0, 0.1) is 0 Å². The zero-order chi connectivity index (χ0) is 25.8. The predicted octanol–water partition coefficient (Wildman–Crippen LogP) is 3.86. The fourth-order valence-corrected chi connectivity index (χ4v) is 5.85. The zero-order valence-corrected chi connectivity index (χ0v) is 21.8. The Morgan fingerprint density at radius 1 is 1.09 bits per heavy atom. The highest BCUT2D eigenvalue weighted by Gasteiger charge is 2.41. The van der Waals surface area contributed by atoms with E-state index in [4.69, 9.17) is 23.2 Å². The van der Waals surface area contributed by atoms with Crippen molar-refractivity contribution >= 4 is 50.9 Å². The molecule has 0 bridgehead atoms. The van der Waals surface area contributed by atoms with Gasteiger partial charge in [0.05, 0.1) is 5.56 Å². The smallest absolute Gasteiger partial charge is 0.269 e. The highest BCUT2D eigenvalue weighted by molar-refractivity contribution is 7.90. The van der Waals surface area contributed by atoms with E-state index in [1.807, 2.05) is 6.92 Å². The number of benzene rings is 2. The Hall–Kier alpha value is -2.62. The van der Waals surface area contributed by atoms with Crippen LogP contribution < -0.4 is 5.32 Å². The second-order valence-electron chi connectivity index (χ2n) is 8.17. The molecule has 0 saturated carbocycles. The summed E-state index contributed by atoms with van der Waals surface area (Å²) in [6.07, 6.45) is 1.37. The van der Waals surface area contributed by atoms with Gasteiger partial charge in [-0.05, 0) is 37.6 Å². The molecule has 1 aliphatic rings. The molecule has 0 aromatic heterocycles. The number of fused-ring (bicyclic) bond motifs is 1. The molecule has 1 aliphatic heterocycles. The number of rotatable bonds is 10. The summed E-state index contributed by atoms with van der Waals surface area (Å²) in [5.41, 5.74) is 0.540. The number of carbonyl (C=O) groups is 3. The summed E-state index contributed by atoms with van der Waals surface area (Å²) in [6.45, 7) is 3.63. The number of amides is 3. The highest BCUT2D eigenvalue weighted by atomic mass is 35.5. The fourth-order valence-electron chi connectivity index (χ4n) is 3.77. The van der Waals surface area contributed by atoms with E-state index in [0.29, 0.717) is 26.5 Å². The van der Waals surface area contributed by atoms with Gasteiger partial charge in [0.2, 0.25) is 11.8 Å². The quantitative estimate of drug-likeness (QED) is 0.461. The summed E-state index contributed by atoms with van der Waals surface area (Å²) in [5, 5.41) is 3.47. The molecule has 8 nitrogen and oxygen atoms in total. The van der Waals surface area contributed by atoms with Gasteiger partial charge in [0.25, 0.3) is 15.9 Å². The first-order chi connectivity index (χ1) is 16.6. The van der Waals surface area contributed by atoms with Crippen molar-refractivity contribution in [2.45, 2.75) is 50.6 Å². The molecule has 3 rings (SSSR count). The molecule has 0 spiro atoms. The molecule has 0 radical (unpaired) electrons. The Kier molecular flexibility index (Phi) is 8.79. The lowest BCUT2D eigenvalue weighted by Gasteiger charge is -2.30. The first-order valence-corrected chi connectivity index (χ1v) is 13.4. The lowest BCUT2D eigenvalue weighted by molar-refractivity contribution is -0.140. The standard InChI is InChI=1S/C24H27Cl2N3O5S/c1-3-4-13-27-23(31)16(2)28(15-18-19(25)9-7-10-20(18)26)22(30)12-14-29-24(32)17-8-5-6-11-21(17)35(29,33)34/h5-11,16H,3-4,12-15H2,1-2H3,(H,27,31). The van der Waals surface area contributed by atoms with Crippen molar-refractivity contribution in [3.05, 3.63) is 63.6 Å². The summed E-state index contributed by atoms with van der Waals surface area (Å²) >= 11 is 12.6. The van der Waals surface area contributed by atoms with E-state index in [9.17, 15) is 22.8 Å². The highest BCUT2D eigenvalue weighted by Crippen LogP contribution is 2.30. The SMILES string of the molecule is CCCCNC(=O)C(C)N(Cc1c(Cl)cccc1Cl)C(=O)CCN1C(=O)c2ccccc2S1(=O)=O. The van der Waals surface area contributed by atoms with Crippen LogP contribution in [0.2, 0.25) is 10.0 Å². The Morgan fingerprint density at radius 3 is 2.37 bits per heavy atom. The number of hydrogen-bond donors (Lipinski definition) is 1. The van der Waals surface area contributed by atoms with Crippen LogP contribution in [0.1, 0.15) is 49.0 Å². The maximum absolute atomic E-state index is 13.3. The van der Waals surface area contributed by atoms with Crippen LogP contribution in [-0.2, 0) is 26.2 Å². The van der Waals surface area contributed by atoms with Crippen LogP contribution in [0.4, 0.5) is 0 Å². The predicted molar refractivity (Wildman–Crippen MR) is 134 cm³/mol. The maximum atomic E-state index is 13.3. The van der Waals surface area contributed by atoms with Crippen molar-refractivity contribution in [3.63, 3.8) is 0 Å². The number of sulfonamides is 1. The maximum Gasteiger partial charge on any atom is 0.269 e. The van der Waals surface area contributed by atoms with Crippen LogP contribution >= 0.6 is 23.2 Å². The molecule has 188 valence electrons. The van der Waals surface area contributed by atoms with Gasteiger partial charge in [0.1, 0.15) is 10.9 Å². The Morgan fingerprint density at radius 2 is 1.74 bits per heavy atom. The average molecular weight is 540 g/mol. The average Bonchev–Trinajstić information content (AvgIpc) is 3.02. The third-order valence-corrected chi connectivity index (χ3v) is 8.38. The number of nitrogens with zero attached hydrogens (tertiary/aromatic N) is 2. The summed E-state index contributed by atoms with van der Waals surface area (Å²) in [6, 6.07) is 9.96. The van der Waals surface area contributed by atoms with E-state index in [-0.39, 0.29) is 35.9 Å². The number of hydrogen-bond acceptors (Lipinski definition) is 5. The van der Waals surface area contributed by atoms with Crippen LogP contribution in [0.5, 0.6) is 0 Å². The van der Waals surface area contributed by atoms with Gasteiger partial charge < -0.3 is 10.2 Å². The first-order valence-electron chi connectivity index (χ1n) is 11.3. The van der Waals surface area contributed by atoms with Gasteiger partial charge in [-0.15, -0.1) is 0 Å². The molecule has 11 heteroatoms. The minimum Gasteiger partial charge on any atom is -0.354 e. The minimum atomic E-state index is -4.05. The first kappa shape index (κ1) is 27.0. The molecule has 1 N–H and O–H groups in total. The molecule has 3 amide bonds. The second-order valence-corrected chi connectivity index (χ2v) is 10.8. The molecule has 35 heavy (non-hydrogen) atoms. The van der Waals surface area contributed by atoms with Crippen molar-refractivity contribution < 1.29 is 22.8 Å². The lowest BCUT2D eigenvalue weighted by atomic mass is 10.1. The summed E-state index contributed by atoms with van der Waals surface area (Å²) < 4.78 is 26.4. The molecular formula is C24H27Cl2N3O5S. The second kappa shape index (κ2) is 11.4. The van der Waals surface area contributed by atoms with Crippen molar-refractivity contribution in [1.82, 2.24) is 14.5 Å². The Balaban J connectivity index is 1.81. The number of unbranched alkanes of at least 4 members (excludes halogenated alkanes) is 1. The van der Waals surface area contributed by atoms with Crippen LogP contribution in [0.3, 0.4) is 0 Å². The zero-order valence-electron chi connectivity index (χ0n) is 19.5. The van der Waals surface area contributed by atoms with Gasteiger partial charge in [0, 0.05) is 41.7 Å². The van der Waals surface area contributed by atoms with Gasteiger partial charge in [-0.3, -0.25) is 14.4 Å². The number of carbonyl (C=O) groups excluding carboxylic acids is 3. The van der Waals surface area contributed by atoms with Gasteiger partial charge in [-0.2, -0.15) is 0 Å². The van der Waals surface area contributed by atoms with Gasteiger partial charge in [-0.25, -0.2) is 12.7 Å². The lowest BCUT2D eigenvalue weighted by Crippen LogP contribution is -2.48. The molecule has 1 unspecified atom stereocenters. The fraction of sp³-hybridized carbons (Fsp3) is 0.375. The molecule has 2 aromatic carbocycles. The molecule has 2 aromatic rings. The topological polar surface area (TPSA) is 104 Å². The van der Waals surface area contributed by atoms with Crippen LogP contribution in [-0.4, -0.2) is 54.5 Å². The van der Waals surface area contributed by atoms with Crippen LogP contribution in [0.25, 0.3) is 0 Å². The van der Waals surface area contributed by atoms with Gasteiger partial charge in [-0.1, -0.05) is 54.7 Å². The Bertz CT molecular complexity index is 1220.